The van der Waals surface area contributed by atoms with Crippen molar-refractivity contribution in [2.24, 2.45) is 0 Å². The van der Waals surface area contributed by atoms with E-state index >= 15 is 0 Å². The highest BCUT2D eigenvalue weighted by molar-refractivity contribution is 6.03. The topological polar surface area (TPSA) is 71.1 Å². The maximum absolute atomic E-state index is 12.9. The number of nitrogens with one attached hydrogen (secondary N) is 2. The highest BCUT2D eigenvalue weighted by Crippen LogP contribution is 2.08. The molecule has 0 aliphatic carbocycles. The predicted molar refractivity (Wildman–Crippen MR) is 96.2 cm³/mol. The highest BCUT2D eigenvalue weighted by atomic mass is 19.1. The SMILES string of the molecule is O=C(NCc1ccc(F)cc1)c1cccc(C(=O)Nc2ccccc2)n1. The maximum atomic E-state index is 12.9. The second kappa shape index (κ2) is 8.02. The van der Waals surface area contributed by atoms with Crippen molar-refractivity contribution in [3.05, 3.63) is 95.6 Å². The fraction of sp³-hybridized carbons (Fsp3) is 0.0500. The van der Waals surface area contributed by atoms with Gasteiger partial charge in [-0.3, -0.25) is 9.59 Å². The molecule has 0 bridgehead atoms. The third kappa shape index (κ3) is 4.51. The van der Waals surface area contributed by atoms with Gasteiger partial charge in [-0.05, 0) is 42.0 Å². The highest BCUT2D eigenvalue weighted by Gasteiger charge is 2.12. The number of amides is 2. The van der Waals surface area contributed by atoms with Crippen molar-refractivity contribution in [2.75, 3.05) is 5.32 Å². The average molecular weight is 349 g/mol. The number of carbonyl (C=O) groups is 2. The Hall–Kier alpha value is -3.54. The summed E-state index contributed by atoms with van der Waals surface area (Å²) in [5, 5.41) is 5.41. The molecule has 0 atom stereocenters. The Morgan fingerprint density at radius 2 is 1.46 bits per heavy atom. The fourth-order valence-electron chi connectivity index (χ4n) is 2.28. The molecule has 0 aliphatic heterocycles. The lowest BCUT2D eigenvalue weighted by atomic mass is 10.2. The van der Waals surface area contributed by atoms with Crippen molar-refractivity contribution in [2.45, 2.75) is 6.54 Å². The summed E-state index contributed by atoms with van der Waals surface area (Å²) in [4.78, 5) is 28.6. The minimum absolute atomic E-state index is 0.132. The number of anilines is 1. The van der Waals surface area contributed by atoms with Crippen LogP contribution in [-0.4, -0.2) is 16.8 Å². The van der Waals surface area contributed by atoms with Crippen LogP contribution in [0.4, 0.5) is 10.1 Å². The van der Waals surface area contributed by atoms with Crippen LogP contribution < -0.4 is 10.6 Å². The largest absolute Gasteiger partial charge is 0.347 e. The van der Waals surface area contributed by atoms with Crippen molar-refractivity contribution in [3.8, 4) is 0 Å². The van der Waals surface area contributed by atoms with Gasteiger partial charge in [0.2, 0.25) is 0 Å². The first-order valence-corrected chi connectivity index (χ1v) is 7.98. The van der Waals surface area contributed by atoms with E-state index < -0.39 is 11.8 Å². The van der Waals surface area contributed by atoms with Gasteiger partial charge in [0.05, 0.1) is 0 Å². The lowest BCUT2D eigenvalue weighted by molar-refractivity contribution is 0.0945. The van der Waals surface area contributed by atoms with Crippen molar-refractivity contribution in [1.82, 2.24) is 10.3 Å². The fourth-order valence-corrected chi connectivity index (χ4v) is 2.28. The number of rotatable bonds is 5. The van der Waals surface area contributed by atoms with Crippen LogP contribution in [-0.2, 0) is 6.54 Å². The summed E-state index contributed by atoms with van der Waals surface area (Å²) in [7, 11) is 0. The van der Waals surface area contributed by atoms with Crippen LogP contribution in [0.1, 0.15) is 26.5 Å². The Kier molecular flexibility index (Phi) is 5.34. The van der Waals surface area contributed by atoms with Gasteiger partial charge >= 0.3 is 0 Å². The monoisotopic (exact) mass is 349 g/mol. The number of benzene rings is 2. The lowest BCUT2D eigenvalue weighted by Crippen LogP contribution is -2.25. The molecule has 0 radical (unpaired) electrons. The zero-order valence-corrected chi connectivity index (χ0v) is 13.8. The Morgan fingerprint density at radius 1 is 0.808 bits per heavy atom. The molecule has 0 fully saturated rings. The third-order valence-electron chi connectivity index (χ3n) is 3.61. The normalized spacial score (nSPS) is 10.2. The molecule has 0 saturated carbocycles. The average Bonchev–Trinajstić information content (AvgIpc) is 2.68. The van der Waals surface area contributed by atoms with E-state index in [2.05, 4.69) is 15.6 Å². The molecule has 0 spiro atoms. The summed E-state index contributed by atoms with van der Waals surface area (Å²) in [6.45, 7) is 0.237. The molecule has 1 heterocycles. The number of pyridine rings is 1. The van der Waals surface area contributed by atoms with E-state index in [-0.39, 0.29) is 23.7 Å². The maximum Gasteiger partial charge on any atom is 0.274 e. The van der Waals surface area contributed by atoms with Crippen LogP contribution in [0.2, 0.25) is 0 Å². The number of aromatic nitrogens is 1. The van der Waals surface area contributed by atoms with Crippen molar-refractivity contribution in [1.29, 1.82) is 0 Å². The van der Waals surface area contributed by atoms with E-state index in [1.165, 1.54) is 24.3 Å². The van der Waals surface area contributed by atoms with E-state index in [0.29, 0.717) is 5.69 Å². The number of nitrogens with zero attached hydrogens (tertiary/aromatic N) is 1. The number of carbonyl (C=O) groups excluding carboxylic acids is 2. The standard InChI is InChI=1S/C20H16FN3O2/c21-15-11-9-14(10-12-15)13-22-19(25)17-7-4-8-18(24-17)20(26)23-16-5-2-1-3-6-16/h1-12H,13H2,(H,22,25)(H,23,26). The summed E-state index contributed by atoms with van der Waals surface area (Å²) >= 11 is 0. The Bertz CT molecular complexity index is 912. The first-order valence-electron chi connectivity index (χ1n) is 7.98. The molecule has 0 unspecified atom stereocenters. The van der Waals surface area contributed by atoms with Gasteiger partial charge in [0.25, 0.3) is 11.8 Å². The van der Waals surface area contributed by atoms with Crippen molar-refractivity contribution >= 4 is 17.5 Å². The summed E-state index contributed by atoms with van der Waals surface area (Å²) in [6, 6.07) is 19.5. The summed E-state index contributed by atoms with van der Waals surface area (Å²) in [6.07, 6.45) is 0. The van der Waals surface area contributed by atoms with Gasteiger partial charge in [0.1, 0.15) is 17.2 Å². The van der Waals surface area contributed by atoms with Gasteiger partial charge in [-0.25, -0.2) is 9.37 Å². The van der Waals surface area contributed by atoms with Gasteiger partial charge in [-0.15, -0.1) is 0 Å². The molecule has 2 aromatic carbocycles. The summed E-state index contributed by atoms with van der Waals surface area (Å²) in [5.74, 6) is -1.15. The quantitative estimate of drug-likeness (QED) is 0.742. The van der Waals surface area contributed by atoms with E-state index in [9.17, 15) is 14.0 Å². The second-order valence-corrected chi connectivity index (χ2v) is 5.54. The Morgan fingerprint density at radius 3 is 2.15 bits per heavy atom. The zero-order chi connectivity index (χ0) is 18.4. The molecule has 26 heavy (non-hydrogen) atoms. The molecule has 6 heteroatoms. The minimum atomic E-state index is -0.413. The molecule has 0 saturated heterocycles. The zero-order valence-electron chi connectivity index (χ0n) is 13.8. The summed E-state index contributed by atoms with van der Waals surface area (Å²) in [5.41, 5.74) is 1.68. The third-order valence-corrected chi connectivity index (χ3v) is 3.61. The van der Waals surface area contributed by atoms with Crippen LogP contribution in [0.5, 0.6) is 0 Å². The molecule has 130 valence electrons. The van der Waals surface area contributed by atoms with E-state index in [1.54, 1.807) is 30.3 Å². The van der Waals surface area contributed by atoms with E-state index in [1.807, 2.05) is 18.2 Å². The van der Waals surface area contributed by atoms with Crippen LogP contribution in [0.3, 0.4) is 0 Å². The molecule has 3 aromatic rings. The van der Waals surface area contributed by atoms with E-state index in [0.717, 1.165) is 5.56 Å². The molecule has 3 rings (SSSR count). The van der Waals surface area contributed by atoms with Crippen LogP contribution in [0.25, 0.3) is 0 Å². The van der Waals surface area contributed by atoms with Crippen molar-refractivity contribution in [3.63, 3.8) is 0 Å². The van der Waals surface area contributed by atoms with Gasteiger partial charge in [0.15, 0.2) is 0 Å². The Balaban J connectivity index is 1.65. The predicted octanol–water partition coefficient (Wildman–Crippen LogP) is 3.40. The van der Waals surface area contributed by atoms with Crippen molar-refractivity contribution < 1.29 is 14.0 Å². The number of halogens is 1. The number of hydrogen-bond donors (Lipinski definition) is 2. The van der Waals surface area contributed by atoms with Crippen LogP contribution >= 0.6 is 0 Å². The minimum Gasteiger partial charge on any atom is -0.347 e. The van der Waals surface area contributed by atoms with E-state index in [4.69, 9.17) is 0 Å². The summed E-state index contributed by atoms with van der Waals surface area (Å²) < 4.78 is 12.9. The molecule has 5 nitrogen and oxygen atoms in total. The molecule has 2 amide bonds. The second-order valence-electron chi connectivity index (χ2n) is 5.54. The van der Waals surface area contributed by atoms with Gasteiger partial charge in [0, 0.05) is 12.2 Å². The van der Waals surface area contributed by atoms with Gasteiger partial charge < -0.3 is 10.6 Å². The number of para-hydroxylation sites is 1. The first kappa shape index (κ1) is 17.3. The molecule has 2 N–H and O–H groups in total. The van der Waals surface area contributed by atoms with Crippen LogP contribution in [0, 0.1) is 5.82 Å². The molecule has 1 aromatic heterocycles. The molecule has 0 aliphatic rings. The smallest absolute Gasteiger partial charge is 0.274 e. The van der Waals surface area contributed by atoms with Gasteiger partial charge in [-0.1, -0.05) is 36.4 Å². The van der Waals surface area contributed by atoms with Gasteiger partial charge in [-0.2, -0.15) is 0 Å². The molecular weight excluding hydrogens is 333 g/mol. The lowest BCUT2D eigenvalue weighted by Gasteiger charge is -2.07. The molecular formula is C20H16FN3O2. The Labute approximate surface area is 149 Å². The number of hydrogen-bond acceptors (Lipinski definition) is 3. The first-order chi connectivity index (χ1) is 12.6. The van der Waals surface area contributed by atoms with Crippen LogP contribution in [0.15, 0.2) is 72.8 Å².